The molecule has 0 saturated heterocycles. The number of hydrogen-bond acceptors (Lipinski definition) is 7. The van der Waals surface area contributed by atoms with E-state index >= 15 is 0 Å². The quantitative estimate of drug-likeness (QED) is 0.229. The molecule has 0 bridgehead atoms. The van der Waals surface area contributed by atoms with Gasteiger partial charge in [-0.2, -0.15) is 4.98 Å². The summed E-state index contributed by atoms with van der Waals surface area (Å²) in [5.41, 5.74) is 3.57. The van der Waals surface area contributed by atoms with Gasteiger partial charge in [0.25, 0.3) is 0 Å². The van der Waals surface area contributed by atoms with E-state index in [1.54, 1.807) is 0 Å². The molecular formula is C29H32BrClN4O3S. The molecule has 1 aliphatic carbocycles. The summed E-state index contributed by atoms with van der Waals surface area (Å²) >= 11 is 11.6. The molecule has 206 valence electrons. The molecule has 5 rings (SSSR count). The minimum Gasteiger partial charge on any atom is -0.490 e. The van der Waals surface area contributed by atoms with Gasteiger partial charge in [-0.1, -0.05) is 55.4 Å². The largest absolute Gasteiger partial charge is 0.490 e. The first kappa shape index (κ1) is 28.1. The van der Waals surface area contributed by atoms with Crippen LogP contribution in [0, 0.1) is 5.92 Å². The van der Waals surface area contributed by atoms with Crippen molar-refractivity contribution in [1.82, 2.24) is 14.8 Å². The number of carbonyl (C=O) groups is 1. The second-order valence-electron chi connectivity index (χ2n) is 10.0. The van der Waals surface area contributed by atoms with Gasteiger partial charge in [0.15, 0.2) is 17.3 Å². The van der Waals surface area contributed by atoms with Gasteiger partial charge in [0.2, 0.25) is 11.1 Å². The lowest BCUT2D eigenvalue weighted by molar-refractivity contribution is -0.116. The molecule has 10 heteroatoms. The second kappa shape index (κ2) is 12.4. The van der Waals surface area contributed by atoms with Crippen LogP contribution >= 0.6 is 39.3 Å². The van der Waals surface area contributed by atoms with E-state index in [4.69, 9.17) is 31.2 Å². The average molecular weight is 632 g/mol. The number of benzene rings is 2. The molecular weight excluding hydrogens is 600 g/mol. The van der Waals surface area contributed by atoms with Crippen molar-refractivity contribution < 1.29 is 14.3 Å². The van der Waals surface area contributed by atoms with Crippen LogP contribution in [0.3, 0.4) is 0 Å². The molecule has 2 heterocycles. The SMILES string of the molecule is CCOc1cc(C2C3=C(CCCC3=O)Nc3nc(SCc4ccccc4Cl)nn32)cc(Br)c1OCCC(C)C. The Morgan fingerprint density at radius 1 is 1.23 bits per heavy atom. The highest BCUT2D eigenvalue weighted by atomic mass is 79.9. The molecule has 1 atom stereocenters. The maximum atomic E-state index is 13.3. The van der Waals surface area contributed by atoms with Gasteiger partial charge in [-0.25, -0.2) is 4.68 Å². The standard InChI is InChI=1S/C29H32BrClN4O3S/c1-4-37-24-15-19(14-20(30)27(24)38-13-12-17(2)3)26-25-22(10-7-11-23(25)36)32-28-33-29(34-35(26)28)39-16-18-8-5-6-9-21(18)31/h5-6,8-9,14-15,17,26H,4,7,10-13,16H2,1-3H3,(H,32,33,34). The number of hydrogen-bond donors (Lipinski definition) is 1. The van der Waals surface area contributed by atoms with Crippen molar-refractivity contribution in [3.8, 4) is 11.5 Å². The molecule has 3 aromatic rings. The van der Waals surface area contributed by atoms with Crippen LogP contribution in [-0.4, -0.2) is 33.8 Å². The predicted octanol–water partition coefficient (Wildman–Crippen LogP) is 7.83. The fourth-order valence-electron chi connectivity index (χ4n) is 4.81. The van der Waals surface area contributed by atoms with Gasteiger partial charge in [0.1, 0.15) is 6.04 Å². The lowest BCUT2D eigenvalue weighted by Crippen LogP contribution is -2.31. The van der Waals surface area contributed by atoms with E-state index in [0.29, 0.717) is 53.9 Å². The second-order valence-corrected chi connectivity index (χ2v) is 12.2. The third-order valence-corrected chi connectivity index (χ3v) is 8.60. The number of ether oxygens (including phenoxy) is 2. The first-order valence-electron chi connectivity index (χ1n) is 13.3. The van der Waals surface area contributed by atoms with Crippen molar-refractivity contribution in [2.45, 2.75) is 63.4 Å². The number of ketones is 1. The molecule has 7 nitrogen and oxygen atoms in total. The third-order valence-electron chi connectivity index (χ3n) is 6.75. The Kier molecular flexibility index (Phi) is 8.89. The van der Waals surface area contributed by atoms with Crippen LogP contribution in [0.25, 0.3) is 0 Å². The summed E-state index contributed by atoms with van der Waals surface area (Å²) < 4.78 is 14.8. The van der Waals surface area contributed by atoms with E-state index < -0.39 is 6.04 Å². The Balaban J connectivity index is 1.52. The number of nitrogens with zero attached hydrogens (tertiary/aromatic N) is 3. The molecule has 1 unspecified atom stereocenters. The van der Waals surface area contributed by atoms with Crippen LogP contribution in [0.2, 0.25) is 5.02 Å². The summed E-state index contributed by atoms with van der Waals surface area (Å²) in [4.78, 5) is 18.1. The molecule has 1 N–H and O–H groups in total. The smallest absolute Gasteiger partial charge is 0.227 e. The van der Waals surface area contributed by atoms with Gasteiger partial charge < -0.3 is 14.8 Å². The summed E-state index contributed by atoms with van der Waals surface area (Å²) in [6.07, 6.45) is 3.07. The summed E-state index contributed by atoms with van der Waals surface area (Å²) in [6.45, 7) is 7.38. The number of thioether (sulfide) groups is 1. The number of carbonyl (C=O) groups excluding carboxylic acids is 1. The van der Waals surface area contributed by atoms with E-state index in [2.05, 4.69) is 35.1 Å². The zero-order valence-electron chi connectivity index (χ0n) is 22.3. The first-order valence-corrected chi connectivity index (χ1v) is 15.5. The summed E-state index contributed by atoms with van der Waals surface area (Å²) in [7, 11) is 0. The predicted molar refractivity (Wildman–Crippen MR) is 159 cm³/mol. The number of halogens is 2. The monoisotopic (exact) mass is 630 g/mol. The molecule has 1 aliphatic heterocycles. The number of aromatic nitrogens is 3. The van der Waals surface area contributed by atoms with Crippen LogP contribution in [0.1, 0.15) is 63.6 Å². The van der Waals surface area contributed by atoms with Gasteiger partial charge >= 0.3 is 0 Å². The fraction of sp³-hybridized carbons (Fsp3) is 0.414. The van der Waals surface area contributed by atoms with Gasteiger partial charge in [-0.05, 0) is 77.4 Å². The Hall–Kier alpha value is -2.49. The number of fused-ring (bicyclic) bond motifs is 1. The molecule has 0 amide bonds. The Bertz CT molecular complexity index is 1410. The molecule has 0 fully saturated rings. The highest BCUT2D eigenvalue weighted by Gasteiger charge is 2.37. The fourth-order valence-corrected chi connectivity index (χ4v) is 6.50. The number of Topliss-reactive ketones (excluding diaryl/α,β-unsaturated/α-hetero) is 1. The van der Waals surface area contributed by atoms with Crippen molar-refractivity contribution in [1.29, 1.82) is 0 Å². The zero-order valence-corrected chi connectivity index (χ0v) is 25.5. The average Bonchev–Trinajstić information content (AvgIpc) is 3.31. The molecule has 0 saturated carbocycles. The van der Waals surface area contributed by atoms with Crippen LogP contribution in [-0.2, 0) is 10.5 Å². The molecule has 0 spiro atoms. The zero-order chi connectivity index (χ0) is 27.5. The number of anilines is 1. The van der Waals surface area contributed by atoms with Crippen LogP contribution in [0.4, 0.5) is 5.95 Å². The maximum absolute atomic E-state index is 13.3. The minimum atomic E-state index is -0.425. The molecule has 1 aromatic heterocycles. The first-order chi connectivity index (χ1) is 18.9. The molecule has 2 aliphatic rings. The van der Waals surface area contributed by atoms with E-state index in [1.165, 1.54) is 11.8 Å². The summed E-state index contributed by atoms with van der Waals surface area (Å²) in [5.74, 6) is 3.25. The van der Waals surface area contributed by atoms with E-state index in [0.717, 1.165) is 51.2 Å². The highest BCUT2D eigenvalue weighted by Crippen LogP contribution is 2.45. The minimum absolute atomic E-state index is 0.131. The van der Waals surface area contributed by atoms with Crippen molar-refractivity contribution in [2.75, 3.05) is 18.5 Å². The van der Waals surface area contributed by atoms with Crippen LogP contribution < -0.4 is 14.8 Å². The Morgan fingerprint density at radius 3 is 2.82 bits per heavy atom. The lowest BCUT2D eigenvalue weighted by atomic mass is 9.85. The normalized spacial score (nSPS) is 16.7. The van der Waals surface area contributed by atoms with Gasteiger partial charge in [0, 0.05) is 28.5 Å². The molecule has 2 aromatic carbocycles. The Labute approximate surface area is 246 Å². The Morgan fingerprint density at radius 2 is 2.05 bits per heavy atom. The van der Waals surface area contributed by atoms with E-state index in [9.17, 15) is 4.79 Å². The van der Waals surface area contributed by atoms with Gasteiger partial charge in [-0.15, -0.1) is 5.10 Å². The van der Waals surface area contributed by atoms with E-state index in [-0.39, 0.29) is 5.78 Å². The summed E-state index contributed by atoms with van der Waals surface area (Å²) in [6, 6.07) is 11.3. The highest BCUT2D eigenvalue weighted by molar-refractivity contribution is 9.10. The lowest BCUT2D eigenvalue weighted by Gasteiger charge is -2.32. The topological polar surface area (TPSA) is 78.3 Å². The van der Waals surface area contributed by atoms with Crippen LogP contribution in [0.15, 0.2) is 57.3 Å². The molecule has 39 heavy (non-hydrogen) atoms. The van der Waals surface area contributed by atoms with Gasteiger partial charge in [-0.3, -0.25) is 4.79 Å². The van der Waals surface area contributed by atoms with Crippen molar-refractivity contribution >= 4 is 51.0 Å². The number of allylic oxidation sites excluding steroid dienone is 2. The van der Waals surface area contributed by atoms with Crippen molar-refractivity contribution in [2.24, 2.45) is 5.92 Å². The maximum Gasteiger partial charge on any atom is 0.227 e. The third kappa shape index (κ3) is 6.15. The summed E-state index contributed by atoms with van der Waals surface area (Å²) in [5, 5.41) is 9.61. The van der Waals surface area contributed by atoms with E-state index in [1.807, 2.05) is 48.0 Å². The van der Waals surface area contributed by atoms with Crippen LogP contribution in [0.5, 0.6) is 11.5 Å². The number of rotatable bonds is 10. The number of nitrogens with one attached hydrogen (secondary N) is 1. The molecule has 0 radical (unpaired) electrons. The van der Waals surface area contributed by atoms with Crippen molar-refractivity contribution in [3.63, 3.8) is 0 Å². The van der Waals surface area contributed by atoms with Crippen molar-refractivity contribution in [3.05, 3.63) is 68.3 Å². The van der Waals surface area contributed by atoms with Gasteiger partial charge in [0.05, 0.1) is 17.7 Å².